The van der Waals surface area contributed by atoms with Crippen LogP contribution in [-0.4, -0.2) is 52.3 Å². The van der Waals surface area contributed by atoms with Gasteiger partial charge < -0.3 is 24.4 Å². The number of benzene rings is 2. The summed E-state index contributed by atoms with van der Waals surface area (Å²) in [5, 5.41) is 2.65. The van der Waals surface area contributed by atoms with E-state index in [0.717, 1.165) is 10.5 Å². The van der Waals surface area contributed by atoms with Crippen molar-refractivity contribution in [1.82, 2.24) is 5.32 Å². The summed E-state index contributed by atoms with van der Waals surface area (Å²) in [5.74, 6) is 0.530. The number of methoxy groups -OCH3 is 2. The number of hydrogen-bond donors (Lipinski definition) is 1. The molecule has 1 heterocycles. The van der Waals surface area contributed by atoms with Gasteiger partial charge in [-0.2, -0.15) is 0 Å². The topological polar surface area (TPSA) is 77.1 Å². The highest BCUT2D eigenvalue weighted by atomic mass is 32.2. The number of nitrogens with one attached hydrogen (secondary N) is 1. The van der Waals surface area contributed by atoms with E-state index >= 15 is 0 Å². The third-order valence-electron chi connectivity index (χ3n) is 4.81. The van der Waals surface area contributed by atoms with E-state index in [2.05, 4.69) is 5.32 Å². The lowest BCUT2D eigenvalue weighted by molar-refractivity contribution is -0.152. The smallest absolute Gasteiger partial charge is 0.303 e. The molecular weight excluding hydrogens is 404 g/mol. The minimum Gasteiger partial charge on any atom is -0.497 e. The Morgan fingerprint density at radius 2 is 1.87 bits per heavy atom. The average molecular weight is 431 g/mol. The van der Waals surface area contributed by atoms with Crippen LogP contribution in [0.15, 0.2) is 47.4 Å². The number of rotatable bonds is 7. The van der Waals surface area contributed by atoms with Crippen LogP contribution < -0.4 is 19.7 Å². The van der Waals surface area contributed by atoms with E-state index in [1.807, 2.05) is 49.5 Å². The summed E-state index contributed by atoms with van der Waals surface area (Å²) in [6, 6.07) is 13.1. The highest BCUT2D eigenvalue weighted by molar-refractivity contribution is 7.99. The molecule has 0 spiro atoms. The molecule has 0 saturated heterocycles. The van der Waals surface area contributed by atoms with Gasteiger partial charge in [-0.3, -0.25) is 9.59 Å². The maximum absolute atomic E-state index is 13.7. The van der Waals surface area contributed by atoms with Gasteiger partial charge in [-0.05, 0) is 36.9 Å². The molecule has 8 heteroatoms. The molecule has 1 aliphatic heterocycles. The van der Waals surface area contributed by atoms with Gasteiger partial charge in [0.15, 0.2) is 6.10 Å². The molecule has 0 aromatic heterocycles. The van der Waals surface area contributed by atoms with E-state index in [1.165, 1.54) is 18.7 Å². The molecule has 160 valence electrons. The Kier molecular flexibility index (Phi) is 7.23. The fraction of sp³-hybridized carbons (Fsp3) is 0.364. The number of nitrogens with zero attached hydrogens (tertiary/aromatic N) is 1. The van der Waals surface area contributed by atoms with Crippen molar-refractivity contribution in [2.75, 3.05) is 39.3 Å². The van der Waals surface area contributed by atoms with Crippen molar-refractivity contribution in [3.05, 3.63) is 48.0 Å². The number of carbonyl (C=O) groups is 2. The lowest BCUT2D eigenvalue weighted by Crippen LogP contribution is -2.45. The van der Waals surface area contributed by atoms with Crippen molar-refractivity contribution < 1.29 is 23.8 Å². The molecule has 0 saturated carbocycles. The minimum absolute atomic E-state index is 0.281. The molecule has 0 aliphatic carbocycles. The molecule has 3 rings (SSSR count). The fourth-order valence-electron chi connectivity index (χ4n) is 3.39. The van der Waals surface area contributed by atoms with E-state index in [0.29, 0.717) is 30.3 Å². The summed E-state index contributed by atoms with van der Waals surface area (Å²) in [6.45, 7) is 2.31. The molecule has 2 aromatic carbocycles. The highest BCUT2D eigenvalue weighted by Crippen LogP contribution is 2.49. The molecule has 0 radical (unpaired) electrons. The number of anilines is 1. The predicted octanol–water partition coefficient (Wildman–Crippen LogP) is 3.03. The first-order chi connectivity index (χ1) is 14.5. The van der Waals surface area contributed by atoms with Crippen molar-refractivity contribution in [3.8, 4) is 11.5 Å². The van der Waals surface area contributed by atoms with Crippen LogP contribution in [0.2, 0.25) is 0 Å². The molecule has 1 amide bonds. The van der Waals surface area contributed by atoms with Gasteiger partial charge in [0.2, 0.25) is 0 Å². The third kappa shape index (κ3) is 4.55. The quantitative estimate of drug-likeness (QED) is 0.677. The van der Waals surface area contributed by atoms with Gasteiger partial charge in [0, 0.05) is 24.9 Å². The monoisotopic (exact) mass is 430 g/mol. The number of likely N-dealkylation sites (N-methyl/N-ethyl adjacent to an activating group) is 1. The number of fused-ring (bicyclic) bond motifs is 1. The first-order valence-electron chi connectivity index (χ1n) is 9.61. The van der Waals surface area contributed by atoms with E-state index in [-0.39, 0.29) is 5.91 Å². The largest absolute Gasteiger partial charge is 0.497 e. The first kappa shape index (κ1) is 22.0. The van der Waals surface area contributed by atoms with Crippen molar-refractivity contribution in [2.24, 2.45) is 0 Å². The number of thioether (sulfide) groups is 1. The maximum atomic E-state index is 13.7. The van der Waals surface area contributed by atoms with Gasteiger partial charge in [0.25, 0.3) is 5.91 Å². The Morgan fingerprint density at radius 3 is 2.47 bits per heavy atom. The first-order valence-corrected chi connectivity index (χ1v) is 10.5. The number of carbonyl (C=O) groups excluding carboxylic acids is 2. The van der Waals surface area contributed by atoms with Gasteiger partial charge in [0.05, 0.1) is 25.2 Å². The van der Waals surface area contributed by atoms with Gasteiger partial charge in [0.1, 0.15) is 11.5 Å². The molecule has 2 atom stereocenters. The molecule has 1 N–H and O–H groups in total. The maximum Gasteiger partial charge on any atom is 0.303 e. The molecule has 0 unspecified atom stereocenters. The summed E-state index contributed by atoms with van der Waals surface area (Å²) in [6.07, 6.45) is -0.977. The zero-order chi connectivity index (χ0) is 21.7. The van der Waals surface area contributed by atoms with Gasteiger partial charge in [-0.15, -0.1) is 11.8 Å². The highest BCUT2D eigenvalue weighted by Gasteiger charge is 2.41. The molecular formula is C22H26N2O5S. The average Bonchev–Trinajstić information content (AvgIpc) is 2.87. The van der Waals surface area contributed by atoms with Crippen LogP contribution in [0.1, 0.15) is 17.7 Å². The number of amides is 1. The molecule has 0 fully saturated rings. The van der Waals surface area contributed by atoms with Crippen molar-refractivity contribution in [2.45, 2.75) is 23.2 Å². The molecule has 0 bridgehead atoms. The van der Waals surface area contributed by atoms with Crippen molar-refractivity contribution in [1.29, 1.82) is 0 Å². The van der Waals surface area contributed by atoms with E-state index in [1.54, 1.807) is 19.1 Å². The summed E-state index contributed by atoms with van der Waals surface area (Å²) in [4.78, 5) is 28.1. The van der Waals surface area contributed by atoms with Crippen LogP contribution in [0.3, 0.4) is 0 Å². The third-order valence-corrected chi connectivity index (χ3v) is 6.17. The van der Waals surface area contributed by atoms with Crippen LogP contribution in [0, 0.1) is 0 Å². The Labute approximate surface area is 180 Å². The second-order valence-electron chi connectivity index (χ2n) is 6.74. The number of esters is 1. The van der Waals surface area contributed by atoms with Crippen LogP contribution in [0.4, 0.5) is 5.69 Å². The minimum atomic E-state index is -0.977. The lowest BCUT2D eigenvalue weighted by Gasteiger charge is -2.28. The van der Waals surface area contributed by atoms with Crippen molar-refractivity contribution >= 4 is 29.3 Å². The van der Waals surface area contributed by atoms with Gasteiger partial charge in [-0.25, -0.2) is 0 Å². The standard InChI is InChI=1S/C22H26N2O5S/c1-14(25)29-20-21(15-8-10-16(27-3)11-9-15)30-18-7-5-6-17(28-4)19(18)24(22(20)26)13-12-23-2/h5-11,20-21,23H,12-13H2,1-4H3/t20-,21+/m0/s1. The fourth-order valence-corrected chi connectivity index (χ4v) is 4.73. The van der Waals surface area contributed by atoms with Crippen molar-refractivity contribution in [3.63, 3.8) is 0 Å². The molecule has 2 aromatic rings. The van der Waals surface area contributed by atoms with E-state index < -0.39 is 17.3 Å². The number of para-hydroxylation sites is 1. The normalized spacial score (nSPS) is 18.4. The van der Waals surface area contributed by atoms with E-state index in [9.17, 15) is 9.59 Å². The van der Waals surface area contributed by atoms with Crippen LogP contribution in [0.25, 0.3) is 0 Å². The van der Waals surface area contributed by atoms with Crippen LogP contribution >= 0.6 is 11.8 Å². The summed E-state index contributed by atoms with van der Waals surface area (Å²) in [5.41, 5.74) is 1.56. The molecule has 7 nitrogen and oxygen atoms in total. The van der Waals surface area contributed by atoms with Gasteiger partial charge >= 0.3 is 5.97 Å². The zero-order valence-corrected chi connectivity index (χ0v) is 18.3. The second-order valence-corrected chi connectivity index (χ2v) is 7.93. The summed E-state index contributed by atoms with van der Waals surface area (Å²) in [7, 11) is 5.00. The Balaban J connectivity index is 2.14. The summed E-state index contributed by atoms with van der Waals surface area (Å²) >= 11 is 1.48. The number of hydrogen-bond acceptors (Lipinski definition) is 7. The zero-order valence-electron chi connectivity index (χ0n) is 17.5. The van der Waals surface area contributed by atoms with Gasteiger partial charge in [-0.1, -0.05) is 18.2 Å². The Morgan fingerprint density at radius 1 is 1.13 bits per heavy atom. The van der Waals surface area contributed by atoms with E-state index in [4.69, 9.17) is 14.2 Å². The molecule has 30 heavy (non-hydrogen) atoms. The number of ether oxygens (including phenoxy) is 3. The summed E-state index contributed by atoms with van der Waals surface area (Å²) < 4.78 is 16.4. The van der Waals surface area contributed by atoms with Crippen LogP contribution in [-0.2, 0) is 14.3 Å². The Bertz CT molecular complexity index is 903. The SMILES string of the molecule is CNCCN1C(=O)[C@@H](OC(C)=O)[C@@H](c2ccc(OC)cc2)Sc2cccc(OC)c21. The molecule has 1 aliphatic rings. The predicted molar refractivity (Wildman–Crippen MR) is 116 cm³/mol. The Hall–Kier alpha value is -2.71. The van der Waals surface area contributed by atoms with Crippen LogP contribution in [0.5, 0.6) is 11.5 Å². The second kappa shape index (κ2) is 9.86. The lowest BCUT2D eigenvalue weighted by atomic mass is 10.1.